The van der Waals surface area contributed by atoms with Crippen LogP contribution in [0.4, 0.5) is 22.7 Å². The number of anilines is 2. The second-order valence-electron chi connectivity index (χ2n) is 3.83. The maximum absolute atomic E-state index is 11.0. The molecule has 0 atom stereocenters. The van der Waals surface area contributed by atoms with Crippen molar-refractivity contribution in [1.29, 1.82) is 0 Å². The van der Waals surface area contributed by atoms with Gasteiger partial charge in [-0.15, -0.1) is 0 Å². The van der Waals surface area contributed by atoms with E-state index >= 15 is 0 Å². The zero-order chi connectivity index (χ0) is 15.1. The van der Waals surface area contributed by atoms with E-state index in [-0.39, 0.29) is 35.8 Å². The summed E-state index contributed by atoms with van der Waals surface area (Å²) >= 11 is 0. The SMILES string of the molecule is NCCNc1cc(NCCN)c([N+](=O)[O-])cc1[N+](=O)[O-]. The summed E-state index contributed by atoms with van der Waals surface area (Å²) in [5.74, 6) is 0. The molecule has 0 fully saturated rings. The third-order valence-electron chi connectivity index (χ3n) is 2.43. The summed E-state index contributed by atoms with van der Waals surface area (Å²) in [5, 5.41) is 27.4. The van der Waals surface area contributed by atoms with Gasteiger partial charge in [-0.05, 0) is 6.07 Å². The Morgan fingerprint density at radius 2 is 1.30 bits per heavy atom. The number of nitro benzene ring substituents is 2. The molecule has 20 heavy (non-hydrogen) atoms. The largest absolute Gasteiger partial charge is 0.378 e. The number of hydrogen-bond donors (Lipinski definition) is 4. The van der Waals surface area contributed by atoms with E-state index in [9.17, 15) is 20.2 Å². The van der Waals surface area contributed by atoms with Crippen LogP contribution in [-0.4, -0.2) is 36.0 Å². The van der Waals surface area contributed by atoms with Crippen LogP contribution in [-0.2, 0) is 0 Å². The molecule has 0 heterocycles. The molecule has 0 saturated heterocycles. The lowest BCUT2D eigenvalue weighted by Crippen LogP contribution is -2.16. The predicted molar refractivity (Wildman–Crippen MR) is 74.8 cm³/mol. The van der Waals surface area contributed by atoms with Crippen molar-refractivity contribution in [2.24, 2.45) is 11.5 Å². The van der Waals surface area contributed by atoms with E-state index in [2.05, 4.69) is 10.6 Å². The highest BCUT2D eigenvalue weighted by Crippen LogP contribution is 2.35. The fourth-order valence-corrected chi connectivity index (χ4v) is 1.58. The minimum atomic E-state index is -0.682. The van der Waals surface area contributed by atoms with Gasteiger partial charge in [0.25, 0.3) is 11.4 Å². The van der Waals surface area contributed by atoms with Gasteiger partial charge in [0, 0.05) is 26.2 Å². The first-order valence-corrected chi connectivity index (χ1v) is 5.86. The first-order chi connectivity index (χ1) is 9.51. The van der Waals surface area contributed by atoms with Crippen LogP contribution in [0.2, 0.25) is 0 Å². The fraction of sp³-hybridized carbons (Fsp3) is 0.400. The van der Waals surface area contributed by atoms with E-state index in [4.69, 9.17) is 11.5 Å². The summed E-state index contributed by atoms with van der Waals surface area (Å²) in [6, 6.07) is 2.24. The molecule has 0 aliphatic carbocycles. The second-order valence-corrected chi connectivity index (χ2v) is 3.83. The summed E-state index contributed by atoms with van der Waals surface area (Å²) in [7, 11) is 0. The number of nitrogens with zero attached hydrogens (tertiary/aromatic N) is 2. The number of rotatable bonds is 8. The van der Waals surface area contributed by atoms with Crippen molar-refractivity contribution in [3.8, 4) is 0 Å². The highest BCUT2D eigenvalue weighted by atomic mass is 16.6. The summed E-state index contributed by atoms with van der Waals surface area (Å²) in [4.78, 5) is 20.5. The molecule has 0 saturated carbocycles. The Morgan fingerprint density at radius 1 is 0.900 bits per heavy atom. The van der Waals surface area contributed by atoms with Crippen LogP contribution < -0.4 is 22.1 Å². The highest BCUT2D eigenvalue weighted by molar-refractivity contribution is 5.76. The standard InChI is InChI=1S/C10H16N6O4/c11-1-3-13-7-5-8(14-4-2-12)10(16(19)20)6-9(7)15(17)18/h5-6,13-14H,1-4,11-12H2. The van der Waals surface area contributed by atoms with E-state index in [0.717, 1.165) is 6.07 Å². The maximum atomic E-state index is 11.0. The van der Waals surface area contributed by atoms with Crippen molar-refractivity contribution in [1.82, 2.24) is 0 Å². The van der Waals surface area contributed by atoms with Crippen LogP contribution in [0, 0.1) is 20.2 Å². The average molecular weight is 284 g/mol. The molecule has 0 bridgehead atoms. The van der Waals surface area contributed by atoms with Gasteiger partial charge in [-0.2, -0.15) is 0 Å². The molecule has 0 amide bonds. The van der Waals surface area contributed by atoms with Crippen LogP contribution in [0.1, 0.15) is 0 Å². The molecule has 1 aromatic rings. The maximum Gasteiger partial charge on any atom is 0.299 e. The zero-order valence-electron chi connectivity index (χ0n) is 10.7. The Balaban J connectivity index is 3.27. The number of nitrogens with one attached hydrogen (secondary N) is 2. The lowest BCUT2D eigenvalue weighted by atomic mass is 10.2. The van der Waals surface area contributed by atoms with Crippen molar-refractivity contribution in [3.63, 3.8) is 0 Å². The lowest BCUT2D eigenvalue weighted by Gasteiger charge is -2.10. The summed E-state index contributed by atoms with van der Waals surface area (Å²) < 4.78 is 0. The number of benzene rings is 1. The Hall–Kier alpha value is -2.46. The number of hydrogen-bond acceptors (Lipinski definition) is 8. The molecule has 1 rings (SSSR count). The number of nitrogens with two attached hydrogens (primary N) is 2. The molecule has 0 aromatic heterocycles. The average Bonchev–Trinajstić information content (AvgIpc) is 2.41. The van der Waals surface area contributed by atoms with E-state index in [1.54, 1.807) is 0 Å². The van der Waals surface area contributed by atoms with E-state index in [1.807, 2.05) is 0 Å². The molecule has 0 radical (unpaired) electrons. The van der Waals surface area contributed by atoms with Crippen LogP contribution in [0.15, 0.2) is 12.1 Å². The molecule has 0 aliphatic heterocycles. The first kappa shape index (κ1) is 15.6. The van der Waals surface area contributed by atoms with Gasteiger partial charge < -0.3 is 22.1 Å². The van der Waals surface area contributed by atoms with E-state index in [1.165, 1.54) is 6.07 Å². The van der Waals surface area contributed by atoms with Gasteiger partial charge >= 0.3 is 0 Å². The molecule has 0 aliphatic rings. The van der Waals surface area contributed by atoms with Crippen LogP contribution in [0.5, 0.6) is 0 Å². The van der Waals surface area contributed by atoms with Crippen molar-refractivity contribution >= 4 is 22.7 Å². The summed E-state index contributed by atoms with van der Waals surface area (Å²) in [6.45, 7) is 1.18. The summed E-state index contributed by atoms with van der Waals surface area (Å²) in [6.07, 6.45) is 0. The molecule has 110 valence electrons. The minimum Gasteiger partial charge on any atom is -0.378 e. The highest BCUT2D eigenvalue weighted by Gasteiger charge is 2.24. The molecular weight excluding hydrogens is 268 g/mol. The monoisotopic (exact) mass is 284 g/mol. The third-order valence-corrected chi connectivity index (χ3v) is 2.43. The van der Waals surface area contributed by atoms with Crippen molar-refractivity contribution in [2.45, 2.75) is 0 Å². The molecular formula is C10H16N6O4. The molecule has 10 heteroatoms. The molecule has 0 unspecified atom stereocenters. The Kier molecular flexibility index (Phi) is 5.62. The van der Waals surface area contributed by atoms with Gasteiger partial charge in [0.2, 0.25) is 0 Å². The van der Waals surface area contributed by atoms with Gasteiger partial charge in [-0.3, -0.25) is 20.2 Å². The van der Waals surface area contributed by atoms with Gasteiger partial charge in [-0.25, -0.2) is 0 Å². The van der Waals surface area contributed by atoms with E-state index < -0.39 is 9.85 Å². The van der Waals surface area contributed by atoms with Crippen molar-refractivity contribution in [2.75, 3.05) is 36.8 Å². The van der Waals surface area contributed by atoms with Crippen molar-refractivity contribution in [3.05, 3.63) is 32.4 Å². The normalized spacial score (nSPS) is 10.1. The fourth-order valence-electron chi connectivity index (χ4n) is 1.58. The van der Waals surface area contributed by atoms with E-state index in [0.29, 0.717) is 13.1 Å². The van der Waals surface area contributed by atoms with Gasteiger partial charge in [0.1, 0.15) is 11.4 Å². The quantitative estimate of drug-likeness (QED) is 0.389. The van der Waals surface area contributed by atoms with Crippen LogP contribution in [0.3, 0.4) is 0 Å². The van der Waals surface area contributed by atoms with Gasteiger partial charge in [0.05, 0.1) is 15.9 Å². The Bertz CT molecular complexity index is 466. The molecule has 0 spiro atoms. The van der Waals surface area contributed by atoms with Gasteiger partial charge in [-0.1, -0.05) is 0 Å². The lowest BCUT2D eigenvalue weighted by molar-refractivity contribution is -0.393. The van der Waals surface area contributed by atoms with Gasteiger partial charge in [0.15, 0.2) is 0 Å². The third kappa shape index (κ3) is 3.76. The topological polar surface area (TPSA) is 162 Å². The second kappa shape index (κ2) is 7.21. The van der Waals surface area contributed by atoms with Crippen molar-refractivity contribution < 1.29 is 9.85 Å². The van der Waals surface area contributed by atoms with Crippen LogP contribution >= 0.6 is 0 Å². The summed E-state index contributed by atoms with van der Waals surface area (Å²) in [5.41, 5.74) is 10.3. The molecule has 10 nitrogen and oxygen atoms in total. The predicted octanol–water partition coefficient (Wildman–Crippen LogP) is 0.244. The Labute approximate surface area is 114 Å². The molecule has 6 N–H and O–H groups in total. The van der Waals surface area contributed by atoms with Crippen LogP contribution in [0.25, 0.3) is 0 Å². The minimum absolute atomic E-state index is 0.172. The molecule has 1 aromatic carbocycles. The zero-order valence-corrected chi connectivity index (χ0v) is 10.7. The Morgan fingerprint density at radius 3 is 1.60 bits per heavy atom. The smallest absolute Gasteiger partial charge is 0.299 e. The number of nitro groups is 2. The first-order valence-electron chi connectivity index (χ1n) is 5.86.